The van der Waals surface area contributed by atoms with E-state index in [1.807, 2.05) is 41.7 Å². The second kappa shape index (κ2) is 11.9. The molecular formula is C45H32N2OS. The molecule has 234 valence electrons. The molecule has 0 aliphatic carbocycles. The van der Waals surface area contributed by atoms with E-state index in [-0.39, 0.29) is 0 Å². The summed E-state index contributed by atoms with van der Waals surface area (Å²) in [6.07, 6.45) is 2.17. The lowest BCUT2D eigenvalue weighted by molar-refractivity contribution is 0.669. The molecule has 0 saturated heterocycles. The zero-order valence-corrected chi connectivity index (χ0v) is 27.7. The topological polar surface area (TPSA) is 42.4 Å². The van der Waals surface area contributed by atoms with Gasteiger partial charge in [0.05, 0.1) is 11.1 Å². The molecule has 0 amide bonds. The molecule has 7 aromatic carbocycles. The molecule has 2 N–H and O–H groups in total. The Morgan fingerprint density at radius 3 is 1.98 bits per heavy atom. The van der Waals surface area contributed by atoms with Crippen LogP contribution in [-0.2, 0) is 0 Å². The van der Waals surface area contributed by atoms with Crippen molar-refractivity contribution < 1.29 is 4.42 Å². The van der Waals surface area contributed by atoms with Gasteiger partial charge < -0.3 is 15.1 Å². The average molecular weight is 649 g/mol. The fraction of sp³-hybridized carbons (Fsp3) is 0.0222. The molecule has 0 aliphatic rings. The smallest absolute Gasteiger partial charge is 0.137 e. The molecule has 9 rings (SSSR count). The Kier molecular flexibility index (Phi) is 7.03. The van der Waals surface area contributed by atoms with Crippen LogP contribution in [0.3, 0.4) is 0 Å². The number of nitrogens with zero attached hydrogens (tertiary/aromatic N) is 1. The second-order valence-corrected chi connectivity index (χ2v) is 13.5. The first kappa shape index (κ1) is 29.1. The van der Waals surface area contributed by atoms with Crippen LogP contribution < -0.4 is 10.6 Å². The number of hydrogen-bond donors (Lipinski definition) is 1. The highest BCUT2D eigenvalue weighted by Gasteiger charge is 2.17. The van der Waals surface area contributed by atoms with Gasteiger partial charge in [0.15, 0.2) is 0 Å². The van der Waals surface area contributed by atoms with Gasteiger partial charge in [0.2, 0.25) is 0 Å². The van der Waals surface area contributed by atoms with Gasteiger partial charge in [-0.25, -0.2) is 0 Å². The Morgan fingerprint density at radius 1 is 0.571 bits per heavy atom. The Balaban J connectivity index is 1.15. The number of anilines is 3. The molecule has 3 nitrogen and oxygen atoms in total. The summed E-state index contributed by atoms with van der Waals surface area (Å²) in [5.41, 5.74) is 18.2. The van der Waals surface area contributed by atoms with E-state index in [1.165, 1.54) is 42.4 Å². The molecule has 0 unspecified atom stereocenters. The van der Waals surface area contributed by atoms with Crippen LogP contribution in [-0.4, -0.2) is 0 Å². The predicted molar refractivity (Wildman–Crippen MR) is 211 cm³/mol. The van der Waals surface area contributed by atoms with E-state index in [4.69, 9.17) is 10.2 Å². The largest absolute Gasteiger partial charge is 0.456 e. The molecule has 49 heavy (non-hydrogen) atoms. The molecule has 9 aromatic rings. The minimum Gasteiger partial charge on any atom is -0.456 e. The van der Waals surface area contributed by atoms with Gasteiger partial charge >= 0.3 is 0 Å². The van der Waals surface area contributed by atoms with E-state index in [2.05, 4.69) is 145 Å². The molecule has 0 spiro atoms. The van der Waals surface area contributed by atoms with Crippen molar-refractivity contribution in [2.45, 2.75) is 6.92 Å². The Labute approximate surface area is 288 Å². The Morgan fingerprint density at radius 2 is 1.20 bits per heavy atom. The molecule has 0 fully saturated rings. The van der Waals surface area contributed by atoms with Crippen molar-refractivity contribution in [3.8, 4) is 22.3 Å². The summed E-state index contributed by atoms with van der Waals surface area (Å²) in [5, 5.41) is 4.60. The Bertz CT molecular complexity index is 2670. The van der Waals surface area contributed by atoms with Crippen LogP contribution in [0.25, 0.3) is 70.4 Å². The third kappa shape index (κ3) is 5.05. The van der Waals surface area contributed by atoms with Crippen LogP contribution in [0.4, 0.5) is 17.1 Å². The fourth-order valence-corrected chi connectivity index (χ4v) is 8.27. The number of allylic oxidation sites excluding steroid dienone is 1. The summed E-state index contributed by atoms with van der Waals surface area (Å²) in [4.78, 5) is 2.30. The van der Waals surface area contributed by atoms with Crippen LogP contribution >= 0.6 is 11.3 Å². The molecule has 2 heterocycles. The minimum absolute atomic E-state index is 0.716. The first-order valence-corrected chi connectivity index (χ1v) is 17.3. The number of nitrogens with two attached hydrogens (primary N) is 1. The monoisotopic (exact) mass is 648 g/mol. The van der Waals surface area contributed by atoms with Crippen LogP contribution in [0.1, 0.15) is 12.5 Å². The van der Waals surface area contributed by atoms with Gasteiger partial charge in [-0.2, -0.15) is 0 Å². The zero-order chi connectivity index (χ0) is 32.9. The standard InChI is InChI=1S/C45H32N2OS/c1-29(28-33-22-27-41-43(44(33)46)39-13-5-7-16-40(39)48-41)47(34-23-18-31(19-24-34)30-10-3-2-4-11-30)35-25-20-32(21-26-35)36-14-9-15-38-37-12-6-8-17-42(37)49-45(36)38/h2-28H,46H2,1H3/b29-28+. The number of para-hydroxylation sites is 1. The molecule has 2 aromatic heterocycles. The maximum Gasteiger partial charge on any atom is 0.137 e. The van der Waals surface area contributed by atoms with Gasteiger partial charge in [0.1, 0.15) is 11.2 Å². The number of hydrogen-bond acceptors (Lipinski definition) is 4. The fourth-order valence-electron chi connectivity index (χ4n) is 7.03. The van der Waals surface area contributed by atoms with Crippen molar-refractivity contribution in [3.05, 3.63) is 169 Å². The Hall–Kier alpha value is -6.10. The lowest BCUT2D eigenvalue weighted by Crippen LogP contribution is -2.14. The van der Waals surface area contributed by atoms with Crippen molar-refractivity contribution in [2.75, 3.05) is 10.6 Å². The number of fused-ring (bicyclic) bond motifs is 6. The van der Waals surface area contributed by atoms with Crippen molar-refractivity contribution in [1.29, 1.82) is 0 Å². The summed E-state index contributed by atoms with van der Waals surface area (Å²) >= 11 is 1.86. The van der Waals surface area contributed by atoms with Gasteiger partial charge in [0, 0.05) is 48.2 Å². The quantitative estimate of drug-likeness (QED) is 0.182. The van der Waals surface area contributed by atoms with Gasteiger partial charge in [-0.3, -0.25) is 0 Å². The molecule has 0 atom stereocenters. The maximum absolute atomic E-state index is 6.88. The molecular weight excluding hydrogens is 617 g/mol. The number of benzene rings is 7. The van der Waals surface area contributed by atoms with E-state index in [0.717, 1.165) is 44.6 Å². The minimum atomic E-state index is 0.716. The van der Waals surface area contributed by atoms with Crippen molar-refractivity contribution in [2.24, 2.45) is 0 Å². The molecule has 4 heteroatoms. The van der Waals surface area contributed by atoms with Crippen LogP contribution in [0, 0.1) is 0 Å². The normalized spacial score (nSPS) is 12.0. The van der Waals surface area contributed by atoms with E-state index in [0.29, 0.717) is 5.69 Å². The second-order valence-electron chi connectivity index (χ2n) is 12.4. The zero-order valence-electron chi connectivity index (χ0n) is 26.9. The summed E-state index contributed by atoms with van der Waals surface area (Å²) in [6.45, 7) is 2.15. The number of furan rings is 1. The van der Waals surface area contributed by atoms with Crippen molar-refractivity contribution in [3.63, 3.8) is 0 Å². The van der Waals surface area contributed by atoms with Gasteiger partial charge in [-0.05, 0) is 83.8 Å². The third-order valence-electron chi connectivity index (χ3n) is 9.41. The van der Waals surface area contributed by atoms with Crippen molar-refractivity contribution >= 4 is 76.6 Å². The maximum atomic E-state index is 6.88. The van der Waals surface area contributed by atoms with Crippen LogP contribution in [0.15, 0.2) is 168 Å². The summed E-state index contributed by atoms with van der Waals surface area (Å²) in [7, 11) is 0. The van der Waals surface area contributed by atoms with E-state index >= 15 is 0 Å². The predicted octanol–water partition coefficient (Wildman–Crippen LogP) is 13.1. The number of rotatable bonds is 6. The van der Waals surface area contributed by atoms with E-state index < -0.39 is 0 Å². The highest BCUT2D eigenvalue weighted by molar-refractivity contribution is 7.26. The lowest BCUT2D eigenvalue weighted by atomic mass is 10.0. The lowest BCUT2D eigenvalue weighted by Gasteiger charge is -2.27. The summed E-state index contributed by atoms with van der Waals surface area (Å²) < 4.78 is 8.74. The summed E-state index contributed by atoms with van der Waals surface area (Å²) in [6, 6.07) is 55.6. The van der Waals surface area contributed by atoms with E-state index in [1.54, 1.807) is 0 Å². The van der Waals surface area contributed by atoms with Gasteiger partial charge in [0.25, 0.3) is 0 Å². The third-order valence-corrected chi connectivity index (χ3v) is 10.6. The molecule has 0 aliphatic heterocycles. The number of nitrogen functional groups attached to an aromatic ring is 1. The van der Waals surface area contributed by atoms with Gasteiger partial charge in [-0.15, -0.1) is 11.3 Å². The highest BCUT2D eigenvalue weighted by atomic mass is 32.1. The highest BCUT2D eigenvalue weighted by Crippen LogP contribution is 2.41. The first-order valence-electron chi connectivity index (χ1n) is 16.5. The van der Waals surface area contributed by atoms with E-state index in [9.17, 15) is 0 Å². The van der Waals surface area contributed by atoms with Crippen LogP contribution in [0.5, 0.6) is 0 Å². The van der Waals surface area contributed by atoms with Crippen molar-refractivity contribution in [1.82, 2.24) is 0 Å². The molecule has 0 bridgehead atoms. The van der Waals surface area contributed by atoms with Crippen LogP contribution in [0.2, 0.25) is 0 Å². The first-order chi connectivity index (χ1) is 24.1. The summed E-state index contributed by atoms with van der Waals surface area (Å²) in [5.74, 6) is 0. The average Bonchev–Trinajstić information content (AvgIpc) is 3.73. The number of thiophene rings is 1. The van der Waals surface area contributed by atoms with Gasteiger partial charge in [-0.1, -0.05) is 109 Å². The SMILES string of the molecule is C/C(=C\c1ccc2oc3ccccc3c2c1N)N(c1ccc(-c2ccccc2)cc1)c1ccc(-c2cccc3c2sc2ccccc23)cc1. The molecule has 0 saturated carbocycles. The molecule has 0 radical (unpaired) electrons.